The summed E-state index contributed by atoms with van der Waals surface area (Å²) in [5.74, 6) is 0.434. The van der Waals surface area contributed by atoms with E-state index in [-0.39, 0.29) is 6.92 Å². The molecule has 1 aromatic heterocycles. The molecule has 0 spiro atoms. The Hall–Kier alpha value is -3.44. The summed E-state index contributed by atoms with van der Waals surface area (Å²) in [5, 5.41) is 8.78. The number of hydrogen-bond donors (Lipinski definition) is 3. The fourth-order valence-corrected chi connectivity index (χ4v) is 3.55. The first kappa shape index (κ1) is 26.8. The van der Waals surface area contributed by atoms with Gasteiger partial charge in [0.2, 0.25) is 15.4 Å². The van der Waals surface area contributed by atoms with Crippen molar-refractivity contribution in [1.29, 1.82) is 0 Å². The maximum atomic E-state index is 12.8. The fourth-order valence-electron chi connectivity index (χ4n) is 2.31. The molecule has 1 atom stereocenters. The van der Waals surface area contributed by atoms with Crippen LogP contribution < -0.4 is 16.3 Å². The molecule has 34 heavy (non-hydrogen) atoms. The minimum absolute atomic E-state index is 0.0555. The molecule has 0 saturated carbocycles. The number of halogens is 6. The Labute approximate surface area is 186 Å². The summed E-state index contributed by atoms with van der Waals surface area (Å²) < 4.78 is 104. The number of aromatic nitrogens is 1. The summed E-state index contributed by atoms with van der Waals surface area (Å²) >= 11 is 0. The van der Waals surface area contributed by atoms with Crippen LogP contribution in [0.4, 0.5) is 32.0 Å². The number of carbonyl (C=O) groups excluding carboxylic acids is 2. The summed E-state index contributed by atoms with van der Waals surface area (Å²) in [6, 6.07) is 3.67. The standard InChI is InChI=1S/C17H14F6N4O6S/c1-15(30,16(18,19)20)14(29)27(25)13(28)12-11(24)6-10(7-26-12)34(31,32)9-4-2-8(3-5-9)33-17(21,22)23/h2-7,30H,24-25H2,1H3. The van der Waals surface area contributed by atoms with Gasteiger partial charge in [-0.1, -0.05) is 0 Å². The fraction of sp³-hybridized carbons (Fsp3) is 0.235. The summed E-state index contributed by atoms with van der Waals surface area (Å²) in [6.45, 7) is 0.0555. The van der Waals surface area contributed by atoms with Gasteiger partial charge in [-0.2, -0.15) is 13.2 Å². The largest absolute Gasteiger partial charge is 0.573 e. The number of aliphatic hydroxyl groups is 1. The molecule has 1 aromatic carbocycles. The summed E-state index contributed by atoms with van der Waals surface area (Å²) in [6.07, 6.45) is -9.94. The molecule has 0 radical (unpaired) electrons. The van der Waals surface area contributed by atoms with Gasteiger partial charge in [0.25, 0.3) is 11.8 Å². The maximum absolute atomic E-state index is 12.8. The number of benzene rings is 1. The first-order valence-electron chi connectivity index (χ1n) is 8.58. The maximum Gasteiger partial charge on any atom is 0.573 e. The van der Waals surface area contributed by atoms with E-state index in [9.17, 15) is 49.5 Å². The normalized spacial score (nSPS) is 14.3. The van der Waals surface area contributed by atoms with Crippen molar-refractivity contribution in [2.45, 2.75) is 34.9 Å². The van der Waals surface area contributed by atoms with E-state index >= 15 is 0 Å². The molecular weight excluding hydrogens is 502 g/mol. The molecule has 2 aromatic rings. The Morgan fingerprint density at radius 1 is 1.06 bits per heavy atom. The number of ether oxygens (including phenoxy) is 1. The summed E-state index contributed by atoms with van der Waals surface area (Å²) in [5.41, 5.74) is -0.117. The van der Waals surface area contributed by atoms with Gasteiger partial charge in [-0.05, 0) is 37.3 Å². The van der Waals surface area contributed by atoms with Crippen LogP contribution in [0.3, 0.4) is 0 Å². The van der Waals surface area contributed by atoms with Crippen LogP contribution >= 0.6 is 0 Å². The van der Waals surface area contributed by atoms with Crippen molar-refractivity contribution >= 4 is 27.3 Å². The van der Waals surface area contributed by atoms with Crippen LogP contribution in [0.5, 0.6) is 5.75 Å². The average molecular weight is 516 g/mol. The van der Waals surface area contributed by atoms with Crippen LogP contribution in [-0.2, 0) is 14.6 Å². The van der Waals surface area contributed by atoms with E-state index in [4.69, 9.17) is 11.6 Å². The van der Waals surface area contributed by atoms with Crippen molar-refractivity contribution in [3.63, 3.8) is 0 Å². The van der Waals surface area contributed by atoms with Crippen molar-refractivity contribution in [3.05, 3.63) is 42.2 Å². The summed E-state index contributed by atoms with van der Waals surface area (Å²) in [4.78, 5) is 26.4. The molecule has 2 rings (SSSR count). The van der Waals surface area contributed by atoms with Crippen molar-refractivity contribution in [3.8, 4) is 5.75 Å². The number of hydrogen-bond acceptors (Lipinski definition) is 9. The number of nitrogens with two attached hydrogens (primary N) is 2. The third-order valence-corrected chi connectivity index (χ3v) is 5.92. The Morgan fingerprint density at radius 2 is 1.59 bits per heavy atom. The molecule has 1 heterocycles. The highest BCUT2D eigenvalue weighted by atomic mass is 32.2. The average Bonchev–Trinajstić information content (AvgIpc) is 2.70. The Balaban J connectivity index is 2.34. The van der Waals surface area contributed by atoms with E-state index < -0.39 is 71.7 Å². The van der Waals surface area contributed by atoms with E-state index in [1.54, 1.807) is 0 Å². The number of nitrogen functional groups attached to an aromatic ring is 1. The predicted octanol–water partition coefficient (Wildman–Crippen LogP) is 1.55. The zero-order valence-corrected chi connectivity index (χ0v) is 17.5. The lowest BCUT2D eigenvalue weighted by atomic mass is 10.1. The molecule has 5 N–H and O–H groups in total. The lowest BCUT2D eigenvalue weighted by Gasteiger charge is -2.28. The minimum Gasteiger partial charge on any atom is -0.406 e. The molecule has 0 aliphatic carbocycles. The van der Waals surface area contributed by atoms with Gasteiger partial charge in [0.1, 0.15) is 5.75 Å². The Kier molecular flexibility index (Phi) is 6.88. The van der Waals surface area contributed by atoms with Gasteiger partial charge >= 0.3 is 12.5 Å². The van der Waals surface area contributed by atoms with Crippen LogP contribution in [0.2, 0.25) is 0 Å². The van der Waals surface area contributed by atoms with Crippen molar-refractivity contribution in [1.82, 2.24) is 9.99 Å². The second kappa shape index (κ2) is 8.73. The van der Waals surface area contributed by atoms with Crippen LogP contribution in [0.1, 0.15) is 17.4 Å². The smallest absolute Gasteiger partial charge is 0.406 e. The highest BCUT2D eigenvalue weighted by molar-refractivity contribution is 7.91. The molecule has 186 valence electrons. The van der Waals surface area contributed by atoms with E-state index in [0.717, 1.165) is 24.3 Å². The van der Waals surface area contributed by atoms with Crippen molar-refractivity contribution in [2.75, 3.05) is 5.73 Å². The van der Waals surface area contributed by atoms with Gasteiger partial charge in [0.05, 0.1) is 15.5 Å². The molecule has 17 heteroatoms. The number of carbonyl (C=O) groups is 2. The first-order chi connectivity index (χ1) is 15.3. The highest BCUT2D eigenvalue weighted by Gasteiger charge is 2.58. The molecule has 0 fully saturated rings. The van der Waals surface area contributed by atoms with Crippen LogP contribution in [-0.4, -0.2) is 53.5 Å². The van der Waals surface area contributed by atoms with E-state index in [2.05, 4.69) is 9.72 Å². The van der Waals surface area contributed by atoms with Crippen LogP contribution in [0.25, 0.3) is 0 Å². The topological polar surface area (TPSA) is 166 Å². The second-order valence-electron chi connectivity index (χ2n) is 6.68. The lowest BCUT2D eigenvalue weighted by Crippen LogP contribution is -2.59. The van der Waals surface area contributed by atoms with Gasteiger partial charge in [0, 0.05) is 6.20 Å². The van der Waals surface area contributed by atoms with Crippen molar-refractivity contribution in [2.24, 2.45) is 5.84 Å². The van der Waals surface area contributed by atoms with Crippen LogP contribution in [0, 0.1) is 0 Å². The molecule has 1 unspecified atom stereocenters. The molecule has 0 saturated heterocycles. The van der Waals surface area contributed by atoms with Crippen molar-refractivity contribution < 1.29 is 54.2 Å². The molecule has 0 bridgehead atoms. The number of rotatable bonds is 5. The molecule has 2 amide bonds. The number of amides is 2. The number of alkyl halides is 6. The number of hydrazine groups is 1. The summed E-state index contributed by atoms with van der Waals surface area (Å²) in [7, 11) is -4.43. The lowest BCUT2D eigenvalue weighted by molar-refractivity contribution is -0.274. The quantitative estimate of drug-likeness (QED) is 0.231. The van der Waals surface area contributed by atoms with E-state index in [1.807, 2.05) is 0 Å². The molecule has 0 aliphatic heterocycles. The monoisotopic (exact) mass is 516 g/mol. The number of nitrogens with zero attached hydrogens (tertiary/aromatic N) is 2. The zero-order valence-electron chi connectivity index (χ0n) is 16.7. The van der Waals surface area contributed by atoms with E-state index in [1.165, 1.54) is 0 Å². The Bertz CT molecular complexity index is 1210. The number of pyridine rings is 1. The first-order valence-corrected chi connectivity index (χ1v) is 10.1. The minimum atomic E-state index is -5.49. The SMILES string of the molecule is CC(O)(C(=O)N(N)C(=O)c1ncc(S(=O)(=O)c2ccc(OC(F)(F)F)cc2)cc1N)C(F)(F)F. The Morgan fingerprint density at radius 3 is 2.03 bits per heavy atom. The highest BCUT2D eigenvalue weighted by Crippen LogP contribution is 2.32. The van der Waals surface area contributed by atoms with Gasteiger partial charge in [-0.3, -0.25) is 9.59 Å². The van der Waals surface area contributed by atoms with E-state index in [0.29, 0.717) is 12.3 Å². The number of imide groups is 1. The molecule has 0 aliphatic rings. The predicted molar refractivity (Wildman–Crippen MR) is 99.3 cm³/mol. The van der Waals surface area contributed by atoms with Gasteiger partial charge < -0.3 is 15.6 Å². The number of anilines is 1. The van der Waals surface area contributed by atoms with Crippen LogP contribution in [0.15, 0.2) is 46.3 Å². The van der Waals surface area contributed by atoms with Gasteiger partial charge in [-0.25, -0.2) is 24.3 Å². The molecular formula is C17H14F6N4O6S. The third-order valence-electron chi connectivity index (χ3n) is 4.18. The third kappa shape index (κ3) is 5.37. The zero-order chi connectivity index (χ0) is 26.3. The molecule has 10 nitrogen and oxygen atoms in total. The van der Waals surface area contributed by atoms with Gasteiger partial charge in [-0.15, -0.1) is 13.2 Å². The van der Waals surface area contributed by atoms with Gasteiger partial charge in [0.15, 0.2) is 5.69 Å². The number of sulfone groups is 1. The second-order valence-corrected chi connectivity index (χ2v) is 8.63.